The zero-order valence-electron chi connectivity index (χ0n) is 16.7. The van der Waals surface area contributed by atoms with E-state index in [0.29, 0.717) is 0 Å². The maximum Gasteiger partial charge on any atom is 0.231 e. The molecule has 0 saturated heterocycles. The summed E-state index contributed by atoms with van der Waals surface area (Å²) in [5.74, 6) is 0.143. The highest BCUT2D eigenvalue weighted by molar-refractivity contribution is 5.49. The van der Waals surface area contributed by atoms with Crippen LogP contribution in [-0.2, 0) is 10.8 Å². The third kappa shape index (κ3) is 4.22. The van der Waals surface area contributed by atoms with Crippen molar-refractivity contribution in [3.63, 3.8) is 0 Å². The Morgan fingerprint density at radius 2 is 1.46 bits per heavy atom. The van der Waals surface area contributed by atoms with Gasteiger partial charge in [0, 0.05) is 5.56 Å². The van der Waals surface area contributed by atoms with Crippen LogP contribution in [0.15, 0.2) is 12.1 Å². The molecule has 2 rings (SSSR count). The zero-order valence-corrected chi connectivity index (χ0v) is 16.7. The standard InChI is InChI=1S/C19H30N6O/c1-10-12(18(2,3)4)9-8-11(13(10)19(5,6)7)14(26)22-17-24-15(20)23-16(21)25-17/h8-9,14,26H,1-7H3,(H5,20,21,22,23,24,25). The minimum Gasteiger partial charge on any atom is -0.369 e. The van der Waals surface area contributed by atoms with Crippen molar-refractivity contribution < 1.29 is 5.11 Å². The molecule has 1 unspecified atom stereocenters. The van der Waals surface area contributed by atoms with Crippen LogP contribution in [0.3, 0.4) is 0 Å². The Morgan fingerprint density at radius 3 is 1.92 bits per heavy atom. The maximum atomic E-state index is 10.8. The summed E-state index contributed by atoms with van der Waals surface area (Å²) in [6, 6.07) is 4.03. The van der Waals surface area contributed by atoms with Crippen LogP contribution in [-0.4, -0.2) is 20.1 Å². The van der Waals surface area contributed by atoms with E-state index in [0.717, 1.165) is 11.1 Å². The van der Waals surface area contributed by atoms with Gasteiger partial charge in [0.05, 0.1) is 0 Å². The Balaban J connectivity index is 2.52. The summed E-state index contributed by atoms with van der Waals surface area (Å²) >= 11 is 0. The molecule has 0 aliphatic carbocycles. The molecular weight excluding hydrogens is 328 g/mol. The van der Waals surface area contributed by atoms with Gasteiger partial charge in [-0.1, -0.05) is 53.7 Å². The first-order valence-corrected chi connectivity index (χ1v) is 8.67. The molecule has 0 fully saturated rings. The Kier molecular flexibility index (Phi) is 5.14. The maximum absolute atomic E-state index is 10.8. The number of nitrogens with one attached hydrogen (secondary N) is 1. The number of anilines is 3. The number of aliphatic hydroxyl groups is 1. The van der Waals surface area contributed by atoms with Crippen LogP contribution < -0.4 is 16.8 Å². The molecule has 0 amide bonds. The molecule has 1 heterocycles. The van der Waals surface area contributed by atoms with Crippen molar-refractivity contribution in [2.75, 3.05) is 16.8 Å². The van der Waals surface area contributed by atoms with Gasteiger partial charge in [-0.05, 0) is 34.4 Å². The molecule has 1 aromatic heterocycles. The lowest BCUT2D eigenvalue weighted by atomic mass is 9.74. The molecule has 0 saturated carbocycles. The van der Waals surface area contributed by atoms with Gasteiger partial charge in [-0.3, -0.25) is 0 Å². The molecule has 7 nitrogen and oxygen atoms in total. The fourth-order valence-corrected chi connectivity index (χ4v) is 3.44. The molecule has 0 bridgehead atoms. The number of benzene rings is 1. The summed E-state index contributed by atoms with van der Waals surface area (Å²) in [6.07, 6.45) is -1.00. The Hall–Kier alpha value is -2.41. The van der Waals surface area contributed by atoms with Crippen LogP contribution in [0.2, 0.25) is 0 Å². The summed E-state index contributed by atoms with van der Waals surface area (Å²) in [5, 5.41) is 13.7. The first-order chi connectivity index (χ1) is 11.8. The summed E-state index contributed by atoms with van der Waals surface area (Å²) in [7, 11) is 0. The van der Waals surface area contributed by atoms with Gasteiger partial charge in [-0.2, -0.15) is 15.0 Å². The molecule has 142 valence electrons. The van der Waals surface area contributed by atoms with Crippen LogP contribution in [0.5, 0.6) is 0 Å². The van der Waals surface area contributed by atoms with E-state index in [1.165, 1.54) is 11.1 Å². The first-order valence-electron chi connectivity index (χ1n) is 8.67. The SMILES string of the molecule is Cc1c(C(C)(C)C)ccc(C(O)Nc2nc(N)nc(N)n2)c1C(C)(C)C. The van der Waals surface area contributed by atoms with Crippen molar-refractivity contribution in [3.05, 3.63) is 34.4 Å². The monoisotopic (exact) mass is 358 g/mol. The second kappa shape index (κ2) is 6.72. The van der Waals surface area contributed by atoms with Crippen LogP contribution >= 0.6 is 0 Å². The van der Waals surface area contributed by atoms with E-state index in [1.54, 1.807) is 0 Å². The van der Waals surface area contributed by atoms with Crippen molar-refractivity contribution in [1.29, 1.82) is 0 Å². The van der Waals surface area contributed by atoms with Crippen LogP contribution in [0.4, 0.5) is 17.8 Å². The van der Waals surface area contributed by atoms with Crippen molar-refractivity contribution in [2.24, 2.45) is 0 Å². The fourth-order valence-electron chi connectivity index (χ4n) is 3.44. The lowest BCUT2D eigenvalue weighted by Crippen LogP contribution is -2.25. The second-order valence-electron chi connectivity index (χ2n) is 8.62. The normalized spacial score (nSPS) is 13.5. The molecule has 1 aromatic carbocycles. The van der Waals surface area contributed by atoms with Crippen molar-refractivity contribution in [2.45, 2.75) is 65.5 Å². The first kappa shape index (κ1) is 19.9. The highest BCUT2D eigenvalue weighted by atomic mass is 16.3. The van der Waals surface area contributed by atoms with Crippen molar-refractivity contribution >= 4 is 17.8 Å². The molecule has 0 aliphatic rings. The summed E-state index contributed by atoms with van der Waals surface area (Å²) in [6.45, 7) is 15.1. The predicted molar refractivity (Wildman–Crippen MR) is 106 cm³/mol. The van der Waals surface area contributed by atoms with E-state index in [1.807, 2.05) is 6.07 Å². The molecule has 0 spiro atoms. The second-order valence-corrected chi connectivity index (χ2v) is 8.62. The summed E-state index contributed by atoms with van der Waals surface area (Å²) in [4.78, 5) is 11.7. The number of nitrogen functional groups attached to an aromatic ring is 2. The predicted octanol–water partition coefficient (Wildman–Crippen LogP) is 3.04. The Bertz CT molecular complexity index is 785. The van der Waals surface area contributed by atoms with Gasteiger partial charge in [-0.15, -0.1) is 0 Å². The molecule has 1 atom stereocenters. The lowest BCUT2D eigenvalue weighted by molar-refractivity contribution is 0.204. The van der Waals surface area contributed by atoms with E-state index in [2.05, 4.69) is 74.8 Å². The quantitative estimate of drug-likeness (QED) is 0.622. The van der Waals surface area contributed by atoms with Gasteiger partial charge in [0.1, 0.15) is 0 Å². The molecule has 6 N–H and O–H groups in total. The number of nitrogens with zero attached hydrogens (tertiary/aromatic N) is 3. The molecule has 0 aliphatic heterocycles. The summed E-state index contributed by atoms with van der Waals surface area (Å²) in [5.41, 5.74) is 15.4. The molecule has 26 heavy (non-hydrogen) atoms. The van der Waals surface area contributed by atoms with E-state index in [-0.39, 0.29) is 28.7 Å². The number of hydrogen-bond acceptors (Lipinski definition) is 7. The van der Waals surface area contributed by atoms with Crippen molar-refractivity contribution in [1.82, 2.24) is 15.0 Å². The largest absolute Gasteiger partial charge is 0.369 e. The van der Waals surface area contributed by atoms with E-state index < -0.39 is 6.23 Å². The van der Waals surface area contributed by atoms with Gasteiger partial charge >= 0.3 is 0 Å². The average molecular weight is 358 g/mol. The van der Waals surface area contributed by atoms with Crippen LogP contribution in [0.25, 0.3) is 0 Å². The topological polar surface area (TPSA) is 123 Å². The highest BCUT2D eigenvalue weighted by Crippen LogP contribution is 2.38. The molecule has 2 aromatic rings. The lowest BCUT2D eigenvalue weighted by Gasteiger charge is -2.32. The zero-order chi connectivity index (χ0) is 19.9. The fraction of sp³-hybridized carbons (Fsp3) is 0.526. The Labute approximate surface area is 155 Å². The smallest absolute Gasteiger partial charge is 0.231 e. The number of nitrogens with two attached hydrogens (primary N) is 2. The van der Waals surface area contributed by atoms with Gasteiger partial charge in [-0.25, -0.2) is 0 Å². The van der Waals surface area contributed by atoms with E-state index in [4.69, 9.17) is 11.5 Å². The van der Waals surface area contributed by atoms with Gasteiger partial charge in [0.25, 0.3) is 0 Å². The summed E-state index contributed by atoms with van der Waals surface area (Å²) < 4.78 is 0. The van der Waals surface area contributed by atoms with Gasteiger partial charge in [0.15, 0.2) is 6.23 Å². The van der Waals surface area contributed by atoms with Gasteiger partial charge in [0.2, 0.25) is 17.8 Å². The highest BCUT2D eigenvalue weighted by Gasteiger charge is 2.28. The molecule has 7 heteroatoms. The molecular formula is C19H30N6O. The Morgan fingerprint density at radius 1 is 0.923 bits per heavy atom. The number of aromatic nitrogens is 3. The van der Waals surface area contributed by atoms with E-state index in [9.17, 15) is 5.11 Å². The minimum atomic E-state index is -1.00. The van der Waals surface area contributed by atoms with Crippen LogP contribution in [0.1, 0.15) is 70.0 Å². The van der Waals surface area contributed by atoms with Crippen molar-refractivity contribution in [3.8, 4) is 0 Å². The minimum absolute atomic E-state index is 0.00232. The number of hydrogen-bond donors (Lipinski definition) is 4. The molecule has 0 radical (unpaired) electrons. The third-order valence-corrected chi connectivity index (χ3v) is 4.29. The average Bonchev–Trinajstić information content (AvgIpc) is 2.42. The number of rotatable bonds is 3. The van der Waals surface area contributed by atoms with E-state index >= 15 is 0 Å². The third-order valence-electron chi connectivity index (χ3n) is 4.29. The van der Waals surface area contributed by atoms with Crippen LogP contribution in [0, 0.1) is 6.92 Å². The number of aliphatic hydroxyl groups excluding tert-OH is 1. The van der Waals surface area contributed by atoms with Gasteiger partial charge < -0.3 is 21.9 Å².